The average Bonchev–Trinajstić information content (AvgIpc) is 3.20. The van der Waals surface area contributed by atoms with E-state index in [1.807, 2.05) is 73.7 Å². The Morgan fingerprint density at radius 1 is 1.00 bits per heavy atom. The van der Waals surface area contributed by atoms with Crippen molar-refractivity contribution in [1.82, 2.24) is 5.32 Å². The SMILES string of the molecule is CCC(=O)N1CCc2cc(C(=O)NC(c3ccccc3)c3cccc(Cl)c3)ccc21. The fourth-order valence-corrected chi connectivity index (χ4v) is 4.10. The number of fused-ring (bicyclic) bond motifs is 1. The highest BCUT2D eigenvalue weighted by atomic mass is 35.5. The van der Waals surface area contributed by atoms with Crippen LogP contribution in [0.25, 0.3) is 0 Å². The second-order valence-electron chi connectivity index (χ2n) is 7.36. The lowest BCUT2D eigenvalue weighted by Gasteiger charge is -2.21. The van der Waals surface area contributed by atoms with Gasteiger partial charge in [0, 0.05) is 29.2 Å². The Morgan fingerprint density at radius 2 is 1.77 bits per heavy atom. The van der Waals surface area contributed by atoms with Crippen molar-refractivity contribution in [2.24, 2.45) is 0 Å². The third-order valence-electron chi connectivity index (χ3n) is 5.43. The summed E-state index contributed by atoms with van der Waals surface area (Å²) in [6.45, 7) is 2.53. The van der Waals surface area contributed by atoms with Gasteiger partial charge in [-0.05, 0) is 53.4 Å². The summed E-state index contributed by atoms with van der Waals surface area (Å²) in [6, 6.07) is 22.6. The van der Waals surface area contributed by atoms with Crippen LogP contribution in [0.4, 0.5) is 5.69 Å². The Hall–Kier alpha value is -3.11. The van der Waals surface area contributed by atoms with E-state index >= 15 is 0 Å². The molecule has 0 radical (unpaired) electrons. The maximum atomic E-state index is 13.1. The van der Waals surface area contributed by atoms with Crippen LogP contribution in [0.5, 0.6) is 0 Å². The van der Waals surface area contributed by atoms with Gasteiger partial charge in [0.2, 0.25) is 5.91 Å². The molecule has 0 bridgehead atoms. The smallest absolute Gasteiger partial charge is 0.252 e. The molecule has 1 N–H and O–H groups in total. The predicted octanol–water partition coefficient (Wildman–Crippen LogP) is 5.16. The summed E-state index contributed by atoms with van der Waals surface area (Å²) in [7, 11) is 0. The molecule has 2 amide bonds. The van der Waals surface area contributed by atoms with Crippen LogP contribution < -0.4 is 10.2 Å². The van der Waals surface area contributed by atoms with Crippen molar-refractivity contribution in [1.29, 1.82) is 0 Å². The second kappa shape index (κ2) is 8.72. The van der Waals surface area contributed by atoms with E-state index in [1.54, 1.807) is 11.0 Å². The maximum Gasteiger partial charge on any atom is 0.252 e. The van der Waals surface area contributed by atoms with E-state index < -0.39 is 0 Å². The molecule has 4 nitrogen and oxygen atoms in total. The van der Waals surface area contributed by atoms with Gasteiger partial charge in [-0.25, -0.2) is 0 Å². The number of benzene rings is 3. The topological polar surface area (TPSA) is 49.4 Å². The molecule has 0 saturated heterocycles. The Balaban J connectivity index is 1.62. The molecule has 1 aliphatic rings. The minimum atomic E-state index is -0.316. The Kier molecular flexibility index (Phi) is 5.86. The quantitative estimate of drug-likeness (QED) is 0.622. The van der Waals surface area contributed by atoms with E-state index in [2.05, 4.69) is 5.32 Å². The molecule has 0 aliphatic carbocycles. The number of carbonyl (C=O) groups is 2. The molecule has 1 unspecified atom stereocenters. The van der Waals surface area contributed by atoms with Gasteiger partial charge >= 0.3 is 0 Å². The standard InChI is InChI=1S/C25H23ClN2O2/c1-2-23(29)28-14-13-18-15-20(11-12-22(18)28)25(30)27-24(17-7-4-3-5-8-17)19-9-6-10-21(26)16-19/h3-12,15-16,24H,2,13-14H2,1H3,(H,27,30). The third kappa shape index (κ3) is 4.10. The van der Waals surface area contributed by atoms with Crippen LogP contribution in [0.3, 0.4) is 0 Å². The van der Waals surface area contributed by atoms with Gasteiger partial charge in [0.25, 0.3) is 5.91 Å². The molecule has 1 heterocycles. The van der Waals surface area contributed by atoms with Crippen molar-refractivity contribution in [2.45, 2.75) is 25.8 Å². The second-order valence-corrected chi connectivity index (χ2v) is 7.80. The lowest BCUT2D eigenvalue weighted by molar-refractivity contribution is -0.118. The molecule has 0 aromatic heterocycles. The number of nitrogens with zero attached hydrogens (tertiary/aromatic N) is 1. The number of hydrogen-bond acceptors (Lipinski definition) is 2. The number of rotatable bonds is 5. The zero-order chi connectivity index (χ0) is 21.1. The van der Waals surface area contributed by atoms with Gasteiger partial charge in [-0.1, -0.05) is 61.0 Å². The number of hydrogen-bond donors (Lipinski definition) is 1. The first-order valence-electron chi connectivity index (χ1n) is 10.1. The largest absolute Gasteiger partial charge is 0.341 e. The molecule has 3 aromatic rings. The van der Waals surface area contributed by atoms with Gasteiger partial charge in [-0.3, -0.25) is 9.59 Å². The molecule has 1 aliphatic heterocycles. The van der Waals surface area contributed by atoms with E-state index in [9.17, 15) is 9.59 Å². The molecule has 30 heavy (non-hydrogen) atoms. The number of halogens is 1. The minimum absolute atomic E-state index is 0.107. The first-order chi connectivity index (χ1) is 14.6. The van der Waals surface area contributed by atoms with Gasteiger partial charge in [-0.2, -0.15) is 0 Å². The zero-order valence-electron chi connectivity index (χ0n) is 16.8. The average molecular weight is 419 g/mol. The van der Waals surface area contributed by atoms with Crippen molar-refractivity contribution in [3.8, 4) is 0 Å². The summed E-state index contributed by atoms with van der Waals surface area (Å²) in [5.74, 6) is -0.0528. The van der Waals surface area contributed by atoms with Crippen molar-refractivity contribution < 1.29 is 9.59 Å². The van der Waals surface area contributed by atoms with Crippen LogP contribution in [0.1, 0.15) is 46.4 Å². The van der Waals surface area contributed by atoms with E-state index in [0.717, 1.165) is 28.8 Å². The van der Waals surface area contributed by atoms with Crippen LogP contribution in [-0.4, -0.2) is 18.4 Å². The molecule has 3 aromatic carbocycles. The van der Waals surface area contributed by atoms with E-state index in [0.29, 0.717) is 23.6 Å². The molecule has 4 rings (SSSR count). The van der Waals surface area contributed by atoms with Gasteiger partial charge in [0.15, 0.2) is 0 Å². The number of nitrogens with one attached hydrogen (secondary N) is 1. The Labute approximate surface area is 181 Å². The number of amides is 2. The van der Waals surface area contributed by atoms with E-state index in [1.165, 1.54) is 0 Å². The summed E-state index contributed by atoms with van der Waals surface area (Å²) in [5.41, 5.74) is 4.43. The summed E-state index contributed by atoms with van der Waals surface area (Å²) >= 11 is 6.20. The fraction of sp³-hybridized carbons (Fsp3) is 0.200. The predicted molar refractivity (Wildman–Crippen MR) is 120 cm³/mol. The maximum absolute atomic E-state index is 13.1. The normalized spacial score (nSPS) is 13.6. The van der Waals surface area contributed by atoms with Crippen LogP contribution >= 0.6 is 11.6 Å². The molecule has 0 spiro atoms. The third-order valence-corrected chi connectivity index (χ3v) is 5.67. The number of carbonyl (C=O) groups excluding carboxylic acids is 2. The van der Waals surface area contributed by atoms with Crippen LogP contribution in [0, 0.1) is 0 Å². The van der Waals surface area contributed by atoms with Crippen molar-refractivity contribution in [2.75, 3.05) is 11.4 Å². The first kappa shape index (κ1) is 20.2. The molecular weight excluding hydrogens is 396 g/mol. The van der Waals surface area contributed by atoms with E-state index in [4.69, 9.17) is 11.6 Å². The monoisotopic (exact) mass is 418 g/mol. The Bertz CT molecular complexity index is 1080. The van der Waals surface area contributed by atoms with Crippen molar-refractivity contribution in [3.63, 3.8) is 0 Å². The van der Waals surface area contributed by atoms with Gasteiger partial charge in [-0.15, -0.1) is 0 Å². The van der Waals surface area contributed by atoms with E-state index in [-0.39, 0.29) is 17.9 Å². The van der Waals surface area contributed by atoms with Crippen molar-refractivity contribution >= 4 is 29.1 Å². The number of anilines is 1. The zero-order valence-corrected chi connectivity index (χ0v) is 17.5. The summed E-state index contributed by atoms with van der Waals surface area (Å²) in [6.07, 6.45) is 1.23. The lowest BCUT2D eigenvalue weighted by Crippen LogP contribution is -2.29. The molecule has 5 heteroatoms. The first-order valence-corrected chi connectivity index (χ1v) is 10.5. The summed E-state index contributed by atoms with van der Waals surface area (Å²) in [4.78, 5) is 27.1. The Morgan fingerprint density at radius 3 is 2.50 bits per heavy atom. The van der Waals surface area contributed by atoms with Gasteiger partial charge < -0.3 is 10.2 Å². The highest BCUT2D eigenvalue weighted by Crippen LogP contribution is 2.30. The lowest BCUT2D eigenvalue weighted by atomic mass is 9.98. The van der Waals surface area contributed by atoms with Gasteiger partial charge in [0.1, 0.15) is 0 Å². The fourth-order valence-electron chi connectivity index (χ4n) is 3.90. The summed E-state index contributed by atoms with van der Waals surface area (Å²) < 4.78 is 0. The van der Waals surface area contributed by atoms with Crippen LogP contribution in [-0.2, 0) is 11.2 Å². The van der Waals surface area contributed by atoms with Crippen LogP contribution in [0.15, 0.2) is 72.8 Å². The van der Waals surface area contributed by atoms with Crippen LogP contribution in [0.2, 0.25) is 5.02 Å². The van der Waals surface area contributed by atoms with Crippen molar-refractivity contribution in [3.05, 3.63) is 100 Å². The molecule has 0 saturated carbocycles. The highest BCUT2D eigenvalue weighted by molar-refractivity contribution is 6.30. The van der Waals surface area contributed by atoms with Gasteiger partial charge in [0.05, 0.1) is 6.04 Å². The molecule has 1 atom stereocenters. The highest BCUT2D eigenvalue weighted by Gasteiger charge is 2.25. The molecular formula is C25H23ClN2O2. The summed E-state index contributed by atoms with van der Waals surface area (Å²) in [5, 5.41) is 3.78. The molecule has 152 valence electrons. The molecule has 0 fully saturated rings. The minimum Gasteiger partial charge on any atom is -0.341 e.